The van der Waals surface area contributed by atoms with Gasteiger partial charge >= 0.3 is 0 Å². The van der Waals surface area contributed by atoms with Crippen LogP contribution in [0.15, 0.2) is 24.3 Å². The topological polar surface area (TPSA) is 61.7 Å². The van der Waals surface area contributed by atoms with E-state index in [2.05, 4.69) is 19.2 Å². The maximum Gasteiger partial charge on any atom is 0.119 e. The van der Waals surface area contributed by atoms with Gasteiger partial charge in [-0.15, -0.1) is 0 Å². The Balaban J connectivity index is 2.45. The number of hydrogen-bond donors (Lipinski definition) is 3. The average molecular weight is 281 g/mol. The van der Waals surface area contributed by atoms with Crippen LogP contribution in [0, 0.1) is 5.92 Å². The molecule has 0 aromatic heterocycles. The molecule has 4 nitrogen and oxygen atoms in total. The normalized spacial score (nSPS) is 15.9. The minimum Gasteiger partial charge on any atom is -0.497 e. The van der Waals surface area contributed by atoms with Gasteiger partial charge in [0.25, 0.3) is 0 Å². The summed E-state index contributed by atoms with van der Waals surface area (Å²) in [6.07, 6.45) is 0.120. The lowest BCUT2D eigenvalue weighted by molar-refractivity contribution is 0.0352. The Labute approximate surface area is 121 Å². The maximum atomic E-state index is 10.2. The van der Waals surface area contributed by atoms with Crippen molar-refractivity contribution in [2.75, 3.05) is 20.2 Å². The number of methoxy groups -OCH3 is 1. The summed E-state index contributed by atoms with van der Waals surface area (Å²) in [5, 5.41) is 23.4. The summed E-state index contributed by atoms with van der Waals surface area (Å²) in [6.45, 7) is 6.85. The van der Waals surface area contributed by atoms with E-state index in [4.69, 9.17) is 4.74 Å². The Morgan fingerprint density at radius 3 is 2.65 bits per heavy atom. The first-order chi connectivity index (χ1) is 9.34. The van der Waals surface area contributed by atoms with E-state index < -0.39 is 11.7 Å². The molecule has 20 heavy (non-hydrogen) atoms. The van der Waals surface area contributed by atoms with Gasteiger partial charge in [-0.25, -0.2) is 0 Å². The fourth-order valence-electron chi connectivity index (χ4n) is 2.40. The molecule has 0 radical (unpaired) electrons. The zero-order valence-electron chi connectivity index (χ0n) is 12.9. The second-order valence-corrected chi connectivity index (χ2v) is 6.02. The predicted octanol–water partition coefficient (Wildman–Crippen LogP) is 2.12. The molecule has 0 aliphatic heterocycles. The number of nitrogens with one attached hydrogen (secondary N) is 1. The van der Waals surface area contributed by atoms with Crippen molar-refractivity contribution in [2.24, 2.45) is 5.92 Å². The third-order valence-electron chi connectivity index (χ3n) is 3.17. The van der Waals surface area contributed by atoms with Crippen molar-refractivity contribution >= 4 is 0 Å². The van der Waals surface area contributed by atoms with Crippen molar-refractivity contribution in [3.63, 3.8) is 0 Å². The molecule has 0 bridgehead atoms. The lowest BCUT2D eigenvalue weighted by Gasteiger charge is -2.26. The van der Waals surface area contributed by atoms with E-state index in [0.29, 0.717) is 19.0 Å². The average Bonchev–Trinajstić information content (AvgIpc) is 2.36. The predicted molar refractivity (Wildman–Crippen MR) is 80.9 cm³/mol. The Hall–Kier alpha value is -1.10. The third-order valence-corrected chi connectivity index (χ3v) is 3.17. The lowest BCUT2D eigenvalue weighted by atomic mass is 9.94. The molecule has 0 amide bonds. The fraction of sp³-hybridized carbons (Fsp3) is 0.625. The van der Waals surface area contributed by atoms with Crippen LogP contribution in [0.1, 0.15) is 38.9 Å². The molecule has 0 saturated carbocycles. The number of aliphatic hydroxyl groups excluding tert-OH is 1. The first kappa shape index (κ1) is 17.0. The van der Waals surface area contributed by atoms with Crippen LogP contribution in [0.5, 0.6) is 5.75 Å². The molecule has 114 valence electrons. The quantitative estimate of drug-likeness (QED) is 0.683. The van der Waals surface area contributed by atoms with Gasteiger partial charge in [-0.3, -0.25) is 0 Å². The molecule has 2 unspecified atom stereocenters. The van der Waals surface area contributed by atoms with Crippen molar-refractivity contribution in [1.29, 1.82) is 0 Å². The van der Waals surface area contributed by atoms with Crippen molar-refractivity contribution in [3.05, 3.63) is 29.8 Å². The molecule has 4 heteroatoms. The number of ether oxygens (including phenoxy) is 1. The van der Waals surface area contributed by atoms with E-state index in [0.717, 1.165) is 17.7 Å². The molecule has 0 spiro atoms. The highest BCUT2D eigenvalue weighted by Crippen LogP contribution is 2.19. The van der Waals surface area contributed by atoms with E-state index in [1.165, 1.54) is 0 Å². The molecule has 0 heterocycles. The minimum absolute atomic E-state index is 0.404. The highest BCUT2D eigenvalue weighted by Gasteiger charge is 2.21. The summed E-state index contributed by atoms with van der Waals surface area (Å²) in [4.78, 5) is 0. The summed E-state index contributed by atoms with van der Waals surface area (Å²) < 4.78 is 5.14. The van der Waals surface area contributed by atoms with Crippen LogP contribution in [-0.2, 0) is 0 Å². The van der Waals surface area contributed by atoms with Gasteiger partial charge in [0, 0.05) is 13.1 Å². The summed E-state index contributed by atoms with van der Waals surface area (Å²) in [5.41, 5.74) is 0.0581. The molecule has 0 aliphatic carbocycles. The summed E-state index contributed by atoms with van der Waals surface area (Å²) >= 11 is 0. The molecule has 1 aromatic rings. The van der Waals surface area contributed by atoms with Gasteiger partial charge in [-0.2, -0.15) is 0 Å². The second kappa shape index (κ2) is 7.62. The zero-order chi connectivity index (χ0) is 15.2. The number of hydrogen-bond acceptors (Lipinski definition) is 4. The summed E-state index contributed by atoms with van der Waals surface area (Å²) in [6, 6.07) is 7.38. The SMILES string of the molecule is COc1cccc(C(O)CNCC(C)(O)CC(C)C)c1. The summed E-state index contributed by atoms with van der Waals surface area (Å²) in [5.74, 6) is 1.17. The molecule has 3 N–H and O–H groups in total. The minimum atomic E-state index is -0.748. The van der Waals surface area contributed by atoms with Gasteiger partial charge in [0.2, 0.25) is 0 Å². The molecule has 0 saturated heterocycles. The maximum absolute atomic E-state index is 10.2. The molecule has 2 atom stereocenters. The van der Waals surface area contributed by atoms with Crippen LogP contribution >= 0.6 is 0 Å². The van der Waals surface area contributed by atoms with Gasteiger partial charge < -0.3 is 20.3 Å². The monoisotopic (exact) mass is 281 g/mol. The van der Waals surface area contributed by atoms with E-state index in [-0.39, 0.29) is 0 Å². The van der Waals surface area contributed by atoms with Crippen molar-refractivity contribution in [2.45, 2.75) is 38.9 Å². The molecular weight excluding hydrogens is 254 g/mol. The molecule has 1 rings (SSSR count). The van der Waals surface area contributed by atoms with E-state index in [1.54, 1.807) is 7.11 Å². The lowest BCUT2D eigenvalue weighted by Crippen LogP contribution is -2.40. The Kier molecular flexibility index (Phi) is 6.46. The molecular formula is C16H27NO3. The van der Waals surface area contributed by atoms with Crippen LogP contribution in [0.3, 0.4) is 0 Å². The highest BCUT2D eigenvalue weighted by atomic mass is 16.5. The van der Waals surface area contributed by atoms with Crippen molar-refractivity contribution in [1.82, 2.24) is 5.32 Å². The fourth-order valence-corrected chi connectivity index (χ4v) is 2.40. The van der Waals surface area contributed by atoms with Gasteiger partial charge in [0.05, 0.1) is 18.8 Å². The van der Waals surface area contributed by atoms with Crippen LogP contribution in [0.2, 0.25) is 0 Å². The van der Waals surface area contributed by atoms with Crippen LogP contribution in [-0.4, -0.2) is 36.0 Å². The third kappa shape index (κ3) is 5.90. The molecule has 0 aliphatic rings. The van der Waals surface area contributed by atoms with Crippen molar-refractivity contribution < 1.29 is 14.9 Å². The Morgan fingerprint density at radius 2 is 2.05 bits per heavy atom. The smallest absolute Gasteiger partial charge is 0.119 e. The number of benzene rings is 1. The first-order valence-corrected chi connectivity index (χ1v) is 7.09. The standard InChI is InChI=1S/C16H27NO3/c1-12(2)9-16(3,19)11-17-10-15(18)13-6-5-7-14(8-13)20-4/h5-8,12,15,17-19H,9-11H2,1-4H3. The van der Waals surface area contributed by atoms with Gasteiger partial charge in [0.1, 0.15) is 5.75 Å². The van der Waals surface area contributed by atoms with Gasteiger partial charge in [0.15, 0.2) is 0 Å². The number of aliphatic hydroxyl groups is 2. The van der Waals surface area contributed by atoms with E-state index in [9.17, 15) is 10.2 Å². The first-order valence-electron chi connectivity index (χ1n) is 7.09. The summed E-state index contributed by atoms with van der Waals surface area (Å²) in [7, 11) is 1.60. The van der Waals surface area contributed by atoms with Crippen LogP contribution in [0.4, 0.5) is 0 Å². The van der Waals surface area contributed by atoms with Crippen molar-refractivity contribution in [3.8, 4) is 5.75 Å². The van der Waals surface area contributed by atoms with Crippen LogP contribution < -0.4 is 10.1 Å². The Morgan fingerprint density at radius 1 is 1.35 bits per heavy atom. The largest absolute Gasteiger partial charge is 0.497 e. The zero-order valence-corrected chi connectivity index (χ0v) is 12.9. The van der Waals surface area contributed by atoms with Crippen LogP contribution in [0.25, 0.3) is 0 Å². The van der Waals surface area contributed by atoms with E-state index >= 15 is 0 Å². The van der Waals surface area contributed by atoms with Gasteiger partial charge in [-0.1, -0.05) is 26.0 Å². The Bertz CT molecular complexity index is 404. The van der Waals surface area contributed by atoms with E-state index in [1.807, 2.05) is 31.2 Å². The second-order valence-electron chi connectivity index (χ2n) is 6.02. The highest BCUT2D eigenvalue weighted by molar-refractivity contribution is 5.29. The number of rotatable bonds is 8. The molecule has 0 fully saturated rings. The van der Waals surface area contributed by atoms with Gasteiger partial charge in [-0.05, 0) is 37.0 Å². The molecule has 1 aromatic carbocycles.